The van der Waals surface area contributed by atoms with Gasteiger partial charge in [0.05, 0.1) is 32.4 Å². The number of aliphatic hydroxyl groups excluding tert-OH is 1. The van der Waals surface area contributed by atoms with Crippen LogP contribution in [0.3, 0.4) is 0 Å². The van der Waals surface area contributed by atoms with Crippen LogP contribution in [0.15, 0.2) is 78.5 Å². The average Bonchev–Trinajstić information content (AvgIpc) is 3.49. The number of amides is 1. The summed E-state index contributed by atoms with van der Waals surface area (Å²) in [6.45, 7) is 2.63. The first kappa shape index (κ1) is 25.9. The third-order valence-corrected chi connectivity index (χ3v) is 7.01. The monoisotopic (exact) mass is 526 g/mol. The third kappa shape index (κ3) is 4.81. The van der Waals surface area contributed by atoms with Gasteiger partial charge >= 0.3 is 0 Å². The molecule has 1 fully saturated rings. The van der Waals surface area contributed by atoms with Crippen LogP contribution in [0.1, 0.15) is 29.7 Å². The van der Waals surface area contributed by atoms with Crippen molar-refractivity contribution in [2.75, 3.05) is 27.4 Å². The largest absolute Gasteiger partial charge is 0.507 e. The highest BCUT2D eigenvalue weighted by Crippen LogP contribution is 2.44. The zero-order valence-electron chi connectivity index (χ0n) is 22.1. The summed E-state index contributed by atoms with van der Waals surface area (Å²) >= 11 is 0. The van der Waals surface area contributed by atoms with Gasteiger partial charge in [0.2, 0.25) is 0 Å². The fourth-order valence-corrected chi connectivity index (χ4v) is 5.10. The molecule has 5 rings (SSSR count). The van der Waals surface area contributed by atoms with Crippen molar-refractivity contribution in [1.82, 2.24) is 9.88 Å². The second kappa shape index (κ2) is 10.9. The van der Waals surface area contributed by atoms with Gasteiger partial charge in [-0.3, -0.25) is 9.59 Å². The Hall–Kier alpha value is -4.72. The van der Waals surface area contributed by atoms with Crippen LogP contribution in [0.25, 0.3) is 16.7 Å². The van der Waals surface area contributed by atoms with Crippen molar-refractivity contribution in [3.63, 3.8) is 0 Å². The lowest BCUT2D eigenvalue weighted by molar-refractivity contribution is -0.139. The number of nitrogens with zero attached hydrogens (tertiary/aromatic N) is 1. The molecule has 1 amide bonds. The molecule has 200 valence electrons. The molecular formula is C31H30N2O6. The molecule has 0 saturated carbocycles. The van der Waals surface area contributed by atoms with Crippen molar-refractivity contribution in [2.45, 2.75) is 19.4 Å². The summed E-state index contributed by atoms with van der Waals surface area (Å²) in [6.07, 6.45) is 2.42. The predicted molar refractivity (Wildman–Crippen MR) is 148 cm³/mol. The molecule has 2 heterocycles. The van der Waals surface area contributed by atoms with Crippen molar-refractivity contribution < 1.29 is 28.9 Å². The summed E-state index contributed by atoms with van der Waals surface area (Å²) in [5, 5.41) is 12.5. The lowest BCUT2D eigenvalue weighted by Gasteiger charge is -2.27. The predicted octanol–water partition coefficient (Wildman–Crippen LogP) is 5.25. The van der Waals surface area contributed by atoms with Crippen LogP contribution in [0.4, 0.5) is 0 Å². The highest BCUT2D eigenvalue weighted by atomic mass is 16.5. The van der Waals surface area contributed by atoms with E-state index in [0.29, 0.717) is 41.4 Å². The summed E-state index contributed by atoms with van der Waals surface area (Å²) in [6, 6.07) is 19.0. The van der Waals surface area contributed by atoms with E-state index in [-0.39, 0.29) is 17.9 Å². The fraction of sp³-hybridized carbons (Fsp3) is 0.226. The third-order valence-electron chi connectivity index (χ3n) is 7.01. The maximum absolute atomic E-state index is 13.5. The van der Waals surface area contributed by atoms with Crippen LogP contribution in [-0.2, 0) is 16.0 Å². The maximum Gasteiger partial charge on any atom is 0.295 e. The highest BCUT2D eigenvalue weighted by Gasteiger charge is 2.47. The first-order chi connectivity index (χ1) is 19.0. The number of hydrogen-bond acceptors (Lipinski definition) is 6. The quantitative estimate of drug-likeness (QED) is 0.176. The Bertz CT molecular complexity index is 1550. The Labute approximate surface area is 226 Å². The van der Waals surface area contributed by atoms with Gasteiger partial charge in [-0.25, -0.2) is 0 Å². The number of ketones is 1. The number of rotatable bonds is 9. The van der Waals surface area contributed by atoms with Crippen LogP contribution in [0.5, 0.6) is 17.2 Å². The van der Waals surface area contributed by atoms with Gasteiger partial charge in [-0.15, -0.1) is 0 Å². The first-order valence-corrected chi connectivity index (χ1v) is 12.7. The minimum absolute atomic E-state index is 0.00496. The molecule has 1 atom stereocenters. The number of Topliss-reactive ketones (excluding diaryl/α,β-unsaturated/α-hetero) is 1. The van der Waals surface area contributed by atoms with Crippen LogP contribution in [-0.4, -0.2) is 54.1 Å². The second-order valence-corrected chi connectivity index (χ2v) is 9.17. The van der Waals surface area contributed by atoms with E-state index < -0.39 is 17.7 Å². The van der Waals surface area contributed by atoms with Crippen LogP contribution >= 0.6 is 0 Å². The van der Waals surface area contributed by atoms with E-state index in [4.69, 9.17) is 14.2 Å². The molecule has 3 aromatic carbocycles. The minimum Gasteiger partial charge on any atom is -0.507 e. The number of carbonyl (C=O) groups excluding carboxylic acids is 2. The number of methoxy groups -OCH3 is 2. The molecule has 39 heavy (non-hydrogen) atoms. The maximum atomic E-state index is 13.5. The molecule has 0 spiro atoms. The van der Waals surface area contributed by atoms with Crippen molar-refractivity contribution in [1.29, 1.82) is 0 Å². The number of nitrogens with one attached hydrogen (secondary N) is 1. The number of benzene rings is 3. The van der Waals surface area contributed by atoms with E-state index in [1.165, 1.54) is 12.0 Å². The van der Waals surface area contributed by atoms with Crippen molar-refractivity contribution in [2.24, 2.45) is 0 Å². The number of likely N-dealkylation sites (tertiary alicyclic amines) is 1. The number of aliphatic hydroxyl groups is 1. The Kier molecular flexibility index (Phi) is 7.27. The fourth-order valence-electron chi connectivity index (χ4n) is 5.10. The van der Waals surface area contributed by atoms with Crippen LogP contribution in [0, 0.1) is 0 Å². The lowest BCUT2D eigenvalue weighted by atomic mass is 9.94. The molecule has 1 unspecified atom stereocenters. The molecule has 0 aliphatic carbocycles. The number of carbonyl (C=O) groups is 2. The molecule has 1 aliphatic heterocycles. The van der Waals surface area contributed by atoms with Crippen LogP contribution < -0.4 is 14.2 Å². The van der Waals surface area contributed by atoms with Gasteiger partial charge in [0.15, 0.2) is 0 Å². The van der Waals surface area contributed by atoms with Gasteiger partial charge in [0.25, 0.3) is 11.7 Å². The van der Waals surface area contributed by atoms with Crippen molar-refractivity contribution in [3.05, 3.63) is 95.2 Å². The molecule has 0 bridgehead atoms. The summed E-state index contributed by atoms with van der Waals surface area (Å²) < 4.78 is 16.6. The molecule has 2 N–H and O–H groups in total. The normalized spacial score (nSPS) is 16.6. The lowest BCUT2D eigenvalue weighted by Crippen LogP contribution is -2.31. The van der Waals surface area contributed by atoms with Crippen LogP contribution in [0.2, 0.25) is 0 Å². The molecule has 4 aromatic rings. The van der Waals surface area contributed by atoms with Gasteiger partial charge in [-0.2, -0.15) is 0 Å². The SMILES string of the molecule is CCOc1ccc(/C(O)=C2/C(=O)C(=O)N(CCc3c[nH]c4ccccc34)C2c2cc(OC)ccc2OC)cc1. The van der Waals surface area contributed by atoms with Crippen molar-refractivity contribution in [3.8, 4) is 17.2 Å². The Morgan fingerprint density at radius 2 is 1.72 bits per heavy atom. The summed E-state index contributed by atoms with van der Waals surface area (Å²) in [5.41, 5.74) is 2.96. The average molecular weight is 527 g/mol. The smallest absolute Gasteiger partial charge is 0.295 e. The minimum atomic E-state index is -0.883. The number of ether oxygens (including phenoxy) is 3. The van der Waals surface area contributed by atoms with Gasteiger partial charge in [-0.05, 0) is 67.4 Å². The Balaban J connectivity index is 1.60. The molecule has 1 aliphatic rings. The molecule has 1 saturated heterocycles. The summed E-state index contributed by atoms with van der Waals surface area (Å²) in [7, 11) is 3.06. The number of H-pyrrole nitrogens is 1. The van der Waals surface area contributed by atoms with Crippen molar-refractivity contribution >= 4 is 28.4 Å². The zero-order valence-corrected chi connectivity index (χ0v) is 22.1. The van der Waals surface area contributed by atoms with Gasteiger partial charge in [-0.1, -0.05) is 18.2 Å². The second-order valence-electron chi connectivity index (χ2n) is 9.17. The van der Waals surface area contributed by atoms with E-state index >= 15 is 0 Å². The van der Waals surface area contributed by atoms with E-state index in [2.05, 4.69) is 4.98 Å². The first-order valence-electron chi connectivity index (χ1n) is 12.7. The van der Waals surface area contributed by atoms with E-state index in [1.807, 2.05) is 37.4 Å². The van der Waals surface area contributed by atoms with Gasteiger partial charge in [0, 0.05) is 34.8 Å². The Morgan fingerprint density at radius 3 is 2.44 bits per heavy atom. The van der Waals surface area contributed by atoms with Gasteiger partial charge in [0.1, 0.15) is 23.0 Å². The Morgan fingerprint density at radius 1 is 0.974 bits per heavy atom. The molecular weight excluding hydrogens is 496 g/mol. The summed E-state index contributed by atoms with van der Waals surface area (Å²) in [4.78, 5) is 31.7. The molecule has 0 radical (unpaired) electrons. The number of hydrogen-bond donors (Lipinski definition) is 2. The molecule has 8 nitrogen and oxygen atoms in total. The highest BCUT2D eigenvalue weighted by molar-refractivity contribution is 6.46. The topological polar surface area (TPSA) is 101 Å². The summed E-state index contributed by atoms with van der Waals surface area (Å²) in [5.74, 6) is -0.0565. The number of fused-ring (bicyclic) bond motifs is 1. The number of aromatic amines is 1. The van der Waals surface area contributed by atoms with E-state index in [9.17, 15) is 14.7 Å². The molecule has 1 aromatic heterocycles. The molecule has 8 heteroatoms. The zero-order chi connectivity index (χ0) is 27.5. The number of aromatic nitrogens is 1. The number of para-hydroxylation sites is 1. The van der Waals surface area contributed by atoms with Gasteiger partial charge < -0.3 is 29.2 Å². The van der Waals surface area contributed by atoms with E-state index in [0.717, 1.165) is 16.5 Å². The van der Waals surface area contributed by atoms with E-state index in [1.54, 1.807) is 49.6 Å². The standard InChI is InChI=1S/C31H30N2O6/c1-4-39-21-11-9-19(10-12-21)29(34)27-28(24-17-22(37-2)13-14-26(24)38-3)33(31(36)30(27)35)16-15-20-18-32-25-8-6-5-7-23(20)25/h5-14,17-18,28,32,34H,4,15-16H2,1-3H3/b29-27-.